The molecule has 0 saturated heterocycles. The van der Waals surface area contributed by atoms with Crippen molar-refractivity contribution in [3.8, 4) is 0 Å². The fourth-order valence-corrected chi connectivity index (χ4v) is 0.895. The Morgan fingerprint density at radius 2 is 2.07 bits per heavy atom. The molecule has 0 spiro atoms. The van der Waals surface area contributed by atoms with E-state index in [1.54, 1.807) is 7.05 Å². The molecule has 0 radical (unpaired) electrons. The molecular formula is C9H21N5O. The molecule has 0 aliphatic rings. The number of carbonyl (C=O) groups is 1. The fourth-order valence-electron chi connectivity index (χ4n) is 0.895. The number of hydrogen-bond donors (Lipinski definition) is 4. The molecule has 5 N–H and O–H groups in total. The second-order valence-electron chi connectivity index (χ2n) is 3.59. The van der Waals surface area contributed by atoms with E-state index in [0.29, 0.717) is 31.4 Å². The number of nitrogens with two attached hydrogens (primary N) is 1. The average molecular weight is 215 g/mol. The SMILES string of the molecule is CN=C(NN)NCCC(=O)NCC(C)C. The normalized spacial score (nSPS) is 11.4. The first-order chi connectivity index (χ1) is 7.10. The van der Waals surface area contributed by atoms with Gasteiger partial charge in [0.1, 0.15) is 0 Å². The molecule has 88 valence electrons. The maximum absolute atomic E-state index is 11.3. The number of nitrogens with zero attached hydrogens (tertiary/aromatic N) is 1. The molecule has 1 amide bonds. The van der Waals surface area contributed by atoms with Crippen LogP contribution in [0.4, 0.5) is 0 Å². The van der Waals surface area contributed by atoms with Crippen LogP contribution in [-0.4, -0.2) is 32.0 Å². The summed E-state index contributed by atoms with van der Waals surface area (Å²) in [6, 6.07) is 0. The smallest absolute Gasteiger partial charge is 0.221 e. The van der Waals surface area contributed by atoms with Crippen LogP contribution in [0.15, 0.2) is 4.99 Å². The Morgan fingerprint density at radius 1 is 1.40 bits per heavy atom. The Balaban J connectivity index is 3.55. The fraction of sp³-hybridized carbons (Fsp3) is 0.778. The third-order valence-electron chi connectivity index (χ3n) is 1.71. The standard InChI is InChI=1S/C9H21N5O/c1-7(2)6-13-8(15)4-5-12-9(11-3)14-10/h7H,4-6,10H2,1-3H3,(H,13,15)(H2,11,12,14). The van der Waals surface area contributed by atoms with Crippen LogP contribution < -0.4 is 21.9 Å². The Kier molecular flexibility index (Phi) is 7.35. The Morgan fingerprint density at radius 3 is 2.53 bits per heavy atom. The molecule has 0 aromatic carbocycles. The van der Waals surface area contributed by atoms with E-state index in [-0.39, 0.29) is 5.91 Å². The van der Waals surface area contributed by atoms with Crippen LogP contribution in [0.25, 0.3) is 0 Å². The minimum absolute atomic E-state index is 0.0312. The molecule has 0 aliphatic carbocycles. The molecule has 0 aromatic rings. The minimum Gasteiger partial charge on any atom is -0.356 e. The maximum Gasteiger partial charge on any atom is 0.221 e. The van der Waals surface area contributed by atoms with Crippen LogP contribution in [0, 0.1) is 5.92 Å². The lowest BCUT2D eigenvalue weighted by Gasteiger charge is -2.09. The molecular weight excluding hydrogens is 194 g/mol. The second kappa shape index (κ2) is 8.05. The lowest BCUT2D eigenvalue weighted by molar-refractivity contribution is -0.121. The molecule has 6 nitrogen and oxygen atoms in total. The summed E-state index contributed by atoms with van der Waals surface area (Å²) in [5, 5.41) is 5.71. The lowest BCUT2D eigenvalue weighted by Crippen LogP contribution is -2.42. The van der Waals surface area contributed by atoms with Crippen molar-refractivity contribution in [1.29, 1.82) is 0 Å². The number of hydrogen-bond acceptors (Lipinski definition) is 3. The van der Waals surface area contributed by atoms with E-state index in [1.807, 2.05) is 0 Å². The molecule has 0 heterocycles. The number of rotatable bonds is 5. The van der Waals surface area contributed by atoms with Gasteiger partial charge in [-0.15, -0.1) is 0 Å². The van der Waals surface area contributed by atoms with Gasteiger partial charge in [-0.05, 0) is 5.92 Å². The summed E-state index contributed by atoms with van der Waals surface area (Å²) >= 11 is 0. The van der Waals surface area contributed by atoms with Crippen LogP contribution in [0.5, 0.6) is 0 Å². The van der Waals surface area contributed by atoms with Gasteiger partial charge in [0.2, 0.25) is 11.9 Å². The van der Waals surface area contributed by atoms with E-state index in [1.165, 1.54) is 0 Å². The molecule has 0 atom stereocenters. The molecule has 0 fully saturated rings. The minimum atomic E-state index is 0.0312. The van der Waals surface area contributed by atoms with Crippen molar-refractivity contribution in [3.63, 3.8) is 0 Å². The number of carbonyl (C=O) groups excluding carboxylic acids is 1. The Labute approximate surface area is 90.7 Å². The molecule has 6 heteroatoms. The quantitative estimate of drug-likeness (QED) is 0.209. The Bertz CT molecular complexity index is 215. The van der Waals surface area contributed by atoms with Gasteiger partial charge in [0.15, 0.2) is 0 Å². The number of guanidine groups is 1. The maximum atomic E-state index is 11.3. The van der Waals surface area contributed by atoms with Crippen LogP contribution in [0.1, 0.15) is 20.3 Å². The summed E-state index contributed by atoms with van der Waals surface area (Å²) < 4.78 is 0. The first-order valence-corrected chi connectivity index (χ1v) is 5.04. The van der Waals surface area contributed by atoms with Gasteiger partial charge >= 0.3 is 0 Å². The summed E-state index contributed by atoms with van der Waals surface area (Å²) in [5.41, 5.74) is 2.38. The zero-order chi connectivity index (χ0) is 11.7. The van der Waals surface area contributed by atoms with Crippen LogP contribution in [-0.2, 0) is 4.79 Å². The zero-order valence-electron chi connectivity index (χ0n) is 9.63. The van der Waals surface area contributed by atoms with E-state index in [2.05, 4.69) is 34.9 Å². The highest BCUT2D eigenvalue weighted by Crippen LogP contribution is 1.87. The summed E-state index contributed by atoms with van der Waals surface area (Å²) in [6.07, 6.45) is 0.410. The summed E-state index contributed by atoms with van der Waals surface area (Å²) in [5.74, 6) is 6.14. The number of hydrazine groups is 1. The molecule has 0 unspecified atom stereocenters. The van der Waals surface area contributed by atoms with E-state index in [0.717, 1.165) is 0 Å². The van der Waals surface area contributed by atoms with E-state index >= 15 is 0 Å². The molecule has 0 rings (SSSR count). The number of nitrogens with one attached hydrogen (secondary N) is 3. The first-order valence-electron chi connectivity index (χ1n) is 5.04. The largest absolute Gasteiger partial charge is 0.356 e. The second-order valence-corrected chi connectivity index (χ2v) is 3.59. The molecule has 0 aliphatic heterocycles. The van der Waals surface area contributed by atoms with E-state index < -0.39 is 0 Å². The van der Waals surface area contributed by atoms with Crippen molar-refractivity contribution in [2.75, 3.05) is 20.1 Å². The average Bonchev–Trinajstić information content (AvgIpc) is 2.21. The highest BCUT2D eigenvalue weighted by molar-refractivity contribution is 5.80. The van der Waals surface area contributed by atoms with E-state index in [9.17, 15) is 4.79 Å². The number of amides is 1. The van der Waals surface area contributed by atoms with E-state index in [4.69, 9.17) is 5.84 Å². The van der Waals surface area contributed by atoms with Gasteiger partial charge in [-0.2, -0.15) is 0 Å². The molecule has 0 bridgehead atoms. The number of aliphatic imine (C=N–C) groups is 1. The van der Waals surface area contributed by atoms with Crippen LogP contribution >= 0.6 is 0 Å². The lowest BCUT2D eigenvalue weighted by atomic mass is 10.2. The summed E-state index contributed by atoms with van der Waals surface area (Å²) in [6.45, 7) is 5.33. The van der Waals surface area contributed by atoms with Crippen molar-refractivity contribution in [1.82, 2.24) is 16.1 Å². The summed E-state index contributed by atoms with van der Waals surface area (Å²) in [4.78, 5) is 15.1. The van der Waals surface area contributed by atoms with Crippen LogP contribution in [0.2, 0.25) is 0 Å². The Hall–Kier alpha value is -1.30. The van der Waals surface area contributed by atoms with Crippen molar-refractivity contribution in [2.24, 2.45) is 16.8 Å². The van der Waals surface area contributed by atoms with Gasteiger partial charge in [-0.25, -0.2) is 5.84 Å². The zero-order valence-corrected chi connectivity index (χ0v) is 9.63. The first kappa shape index (κ1) is 13.7. The van der Waals surface area contributed by atoms with Crippen molar-refractivity contribution >= 4 is 11.9 Å². The molecule has 0 aromatic heterocycles. The third kappa shape index (κ3) is 7.75. The molecule has 15 heavy (non-hydrogen) atoms. The van der Waals surface area contributed by atoms with Gasteiger partial charge in [0.25, 0.3) is 0 Å². The van der Waals surface area contributed by atoms with Crippen molar-refractivity contribution in [2.45, 2.75) is 20.3 Å². The van der Waals surface area contributed by atoms with Gasteiger partial charge in [0, 0.05) is 26.6 Å². The van der Waals surface area contributed by atoms with Gasteiger partial charge in [0.05, 0.1) is 0 Å². The van der Waals surface area contributed by atoms with Crippen molar-refractivity contribution in [3.05, 3.63) is 0 Å². The highest BCUT2D eigenvalue weighted by Gasteiger charge is 2.02. The predicted molar refractivity (Wildman–Crippen MR) is 61.1 cm³/mol. The summed E-state index contributed by atoms with van der Waals surface area (Å²) in [7, 11) is 1.61. The topological polar surface area (TPSA) is 91.5 Å². The third-order valence-corrected chi connectivity index (χ3v) is 1.71. The highest BCUT2D eigenvalue weighted by atomic mass is 16.1. The van der Waals surface area contributed by atoms with Gasteiger partial charge < -0.3 is 10.6 Å². The predicted octanol–water partition coefficient (Wildman–Crippen LogP) is -0.813. The monoisotopic (exact) mass is 215 g/mol. The van der Waals surface area contributed by atoms with Crippen molar-refractivity contribution < 1.29 is 4.79 Å². The van der Waals surface area contributed by atoms with Crippen LogP contribution in [0.3, 0.4) is 0 Å². The molecule has 0 saturated carbocycles. The van der Waals surface area contributed by atoms with Gasteiger partial charge in [-0.3, -0.25) is 15.2 Å². The van der Waals surface area contributed by atoms with Gasteiger partial charge in [-0.1, -0.05) is 13.8 Å².